The Morgan fingerprint density at radius 2 is 1.85 bits per heavy atom. The number of carbonyl (C=O) groups excluding carboxylic acids is 2. The van der Waals surface area contributed by atoms with E-state index in [2.05, 4.69) is 0 Å². The summed E-state index contributed by atoms with van der Waals surface area (Å²) < 4.78 is 10.2. The molecule has 0 unspecified atom stereocenters. The number of allylic oxidation sites excluding steroid dienone is 1. The number of rotatable bonds is 6. The minimum atomic E-state index is -0.790. The van der Waals surface area contributed by atoms with Crippen molar-refractivity contribution in [1.29, 1.82) is 0 Å². The number of halogens is 1. The molecule has 0 atom stereocenters. The van der Waals surface area contributed by atoms with Gasteiger partial charge in [0.1, 0.15) is 16.9 Å². The summed E-state index contributed by atoms with van der Waals surface area (Å²) in [5.74, 6) is -0.297. The van der Waals surface area contributed by atoms with E-state index in [1.165, 1.54) is 18.2 Å². The molecule has 27 heavy (non-hydrogen) atoms. The standard InChI is InChI=1S/C21H15ClO5/c1-26-17-8-3-13(4-9-17)2-7-16(23)12-19(24)18-10-14-5-6-15(22)11-20(14)27-21(18)25/h2-11H,12H2,1H3/b7-2+. The summed E-state index contributed by atoms with van der Waals surface area (Å²) in [6.07, 6.45) is 2.48. The van der Waals surface area contributed by atoms with Crippen LogP contribution in [0.1, 0.15) is 22.3 Å². The number of Topliss-reactive ketones (excluding diaryl/α,β-unsaturated/α-hetero) is 1. The molecule has 3 aromatic rings. The number of hydrogen-bond acceptors (Lipinski definition) is 5. The van der Waals surface area contributed by atoms with E-state index in [0.29, 0.717) is 16.2 Å². The highest BCUT2D eigenvalue weighted by Crippen LogP contribution is 2.19. The van der Waals surface area contributed by atoms with Crippen LogP contribution in [0, 0.1) is 0 Å². The van der Waals surface area contributed by atoms with Gasteiger partial charge in [-0.3, -0.25) is 9.59 Å². The number of methoxy groups -OCH3 is 1. The number of benzene rings is 2. The van der Waals surface area contributed by atoms with Crippen LogP contribution in [0.25, 0.3) is 17.0 Å². The van der Waals surface area contributed by atoms with E-state index in [-0.39, 0.29) is 11.1 Å². The van der Waals surface area contributed by atoms with Crippen molar-refractivity contribution < 1.29 is 18.7 Å². The Morgan fingerprint density at radius 1 is 1.11 bits per heavy atom. The predicted octanol–water partition coefficient (Wildman–Crippen LogP) is 4.31. The monoisotopic (exact) mass is 382 g/mol. The Kier molecular flexibility index (Phi) is 5.52. The first-order valence-corrected chi connectivity index (χ1v) is 8.45. The normalized spacial score (nSPS) is 11.0. The van der Waals surface area contributed by atoms with Gasteiger partial charge < -0.3 is 9.15 Å². The quantitative estimate of drug-likeness (QED) is 0.275. The van der Waals surface area contributed by atoms with Crippen LogP contribution < -0.4 is 10.4 Å². The molecule has 1 aromatic heterocycles. The zero-order valence-electron chi connectivity index (χ0n) is 14.4. The van der Waals surface area contributed by atoms with Crippen LogP contribution in [0.15, 0.2) is 63.8 Å². The van der Waals surface area contributed by atoms with Gasteiger partial charge in [0.2, 0.25) is 0 Å². The van der Waals surface area contributed by atoms with Gasteiger partial charge >= 0.3 is 5.63 Å². The van der Waals surface area contributed by atoms with E-state index < -0.39 is 23.6 Å². The van der Waals surface area contributed by atoms with Gasteiger partial charge in [0.15, 0.2) is 11.6 Å². The predicted molar refractivity (Wildman–Crippen MR) is 103 cm³/mol. The maximum atomic E-state index is 12.3. The van der Waals surface area contributed by atoms with Crippen molar-refractivity contribution in [3.8, 4) is 5.75 Å². The zero-order valence-corrected chi connectivity index (χ0v) is 15.2. The topological polar surface area (TPSA) is 73.6 Å². The fourth-order valence-corrected chi connectivity index (χ4v) is 2.66. The van der Waals surface area contributed by atoms with E-state index in [9.17, 15) is 14.4 Å². The molecule has 6 heteroatoms. The largest absolute Gasteiger partial charge is 0.497 e. The van der Waals surface area contributed by atoms with E-state index >= 15 is 0 Å². The van der Waals surface area contributed by atoms with Crippen molar-refractivity contribution in [2.45, 2.75) is 6.42 Å². The second-order valence-corrected chi connectivity index (χ2v) is 6.24. The van der Waals surface area contributed by atoms with Crippen LogP contribution in [-0.4, -0.2) is 18.7 Å². The smallest absolute Gasteiger partial charge is 0.347 e. The second kappa shape index (κ2) is 8.01. The third-order valence-electron chi connectivity index (χ3n) is 3.91. The zero-order chi connectivity index (χ0) is 19.4. The van der Waals surface area contributed by atoms with Crippen molar-refractivity contribution in [2.75, 3.05) is 7.11 Å². The lowest BCUT2D eigenvalue weighted by molar-refractivity contribution is -0.113. The van der Waals surface area contributed by atoms with Crippen LogP contribution in [0.3, 0.4) is 0 Å². The first kappa shape index (κ1) is 18.6. The second-order valence-electron chi connectivity index (χ2n) is 5.80. The Balaban J connectivity index is 1.74. The lowest BCUT2D eigenvalue weighted by atomic mass is 10.1. The maximum absolute atomic E-state index is 12.3. The number of ether oxygens (including phenoxy) is 1. The molecule has 0 radical (unpaired) electrons. The molecule has 1 heterocycles. The van der Waals surface area contributed by atoms with Crippen molar-refractivity contribution in [2.24, 2.45) is 0 Å². The van der Waals surface area contributed by atoms with Crippen LogP contribution in [0.2, 0.25) is 5.02 Å². The van der Waals surface area contributed by atoms with Crippen molar-refractivity contribution in [3.63, 3.8) is 0 Å². The Bertz CT molecular complexity index is 1090. The lowest BCUT2D eigenvalue weighted by Gasteiger charge is -2.01. The fraction of sp³-hybridized carbons (Fsp3) is 0.0952. The van der Waals surface area contributed by atoms with E-state index in [4.69, 9.17) is 20.8 Å². The summed E-state index contributed by atoms with van der Waals surface area (Å²) in [6, 6.07) is 13.3. The molecule has 0 N–H and O–H groups in total. The molecule has 0 aliphatic carbocycles. The van der Waals surface area contributed by atoms with Gasteiger partial charge in [-0.15, -0.1) is 0 Å². The van der Waals surface area contributed by atoms with Gasteiger partial charge in [0, 0.05) is 16.5 Å². The van der Waals surface area contributed by atoms with Gasteiger partial charge in [-0.05, 0) is 42.0 Å². The summed E-state index contributed by atoms with van der Waals surface area (Å²) in [4.78, 5) is 36.4. The average Bonchev–Trinajstić information content (AvgIpc) is 2.66. The molecule has 0 saturated heterocycles. The molecule has 0 aliphatic rings. The van der Waals surface area contributed by atoms with Crippen LogP contribution in [0.5, 0.6) is 5.75 Å². The minimum absolute atomic E-state index is 0.156. The first-order valence-electron chi connectivity index (χ1n) is 8.08. The summed E-state index contributed by atoms with van der Waals surface area (Å²) in [5.41, 5.74) is 0.131. The SMILES string of the molecule is COc1ccc(/C=C/C(=O)CC(=O)c2cc3ccc(Cl)cc3oc2=O)cc1. The molecular formula is C21H15ClO5. The number of carbonyl (C=O) groups is 2. The van der Waals surface area contributed by atoms with Gasteiger partial charge in [0.05, 0.1) is 13.5 Å². The summed E-state index contributed by atoms with van der Waals surface area (Å²) in [6.45, 7) is 0. The number of ketones is 2. The van der Waals surface area contributed by atoms with Crippen LogP contribution in [-0.2, 0) is 4.79 Å². The highest BCUT2D eigenvalue weighted by atomic mass is 35.5. The van der Waals surface area contributed by atoms with Gasteiger partial charge in [-0.25, -0.2) is 4.79 Å². The number of fused-ring (bicyclic) bond motifs is 1. The van der Waals surface area contributed by atoms with E-state index in [1.807, 2.05) is 0 Å². The summed E-state index contributed by atoms with van der Waals surface area (Å²) in [7, 11) is 1.57. The molecule has 0 bridgehead atoms. The van der Waals surface area contributed by atoms with Gasteiger partial charge in [-0.2, -0.15) is 0 Å². The van der Waals surface area contributed by atoms with Crippen LogP contribution in [0.4, 0.5) is 0 Å². The maximum Gasteiger partial charge on any atom is 0.347 e. The Hall–Kier alpha value is -3.18. The molecule has 0 amide bonds. The van der Waals surface area contributed by atoms with E-state index in [0.717, 1.165) is 5.56 Å². The molecule has 0 fully saturated rings. The molecule has 0 saturated carbocycles. The highest BCUT2D eigenvalue weighted by molar-refractivity contribution is 6.31. The molecule has 0 spiro atoms. The van der Waals surface area contributed by atoms with Crippen molar-refractivity contribution >= 4 is 40.2 Å². The average molecular weight is 383 g/mol. The molecule has 5 nitrogen and oxygen atoms in total. The first-order chi connectivity index (χ1) is 13.0. The highest BCUT2D eigenvalue weighted by Gasteiger charge is 2.16. The third-order valence-corrected chi connectivity index (χ3v) is 4.15. The van der Waals surface area contributed by atoms with Gasteiger partial charge in [-0.1, -0.05) is 29.8 Å². The summed E-state index contributed by atoms with van der Waals surface area (Å²) >= 11 is 5.86. The third kappa shape index (κ3) is 4.51. The van der Waals surface area contributed by atoms with Gasteiger partial charge in [0.25, 0.3) is 0 Å². The Morgan fingerprint density at radius 3 is 2.56 bits per heavy atom. The van der Waals surface area contributed by atoms with Crippen LogP contribution >= 0.6 is 11.6 Å². The molecule has 3 rings (SSSR count). The molecule has 2 aromatic carbocycles. The fourth-order valence-electron chi connectivity index (χ4n) is 2.50. The van der Waals surface area contributed by atoms with Crippen molar-refractivity contribution in [1.82, 2.24) is 0 Å². The number of hydrogen-bond donors (Lipinski definition) is 0. The minimum Gasteiger partial charge on any atom is -0.497 e. The molecular weight excluding hydrogens is 368 g/mol. The van der Waals surface area contributed by atoms with Crippen molar-refractivity contribution in [3.05, 3.63) is 81.2 Å². The molecule has 136 valence electrons. The lowest BCUT2D eigenvalue weighted by Crippen LogP contribution is -2.16. The van der Waals surface area contributed by atoms with E-state index in [1.54, 1.807) is 49.6 Å². The molecule has 0 aliphatic heterocycles. The summed E-state index contributed by atoms with van der Waals surface area (Å²) in [5, 5.41) is 0.979. The Labute approximate surface area is 159 Å².